The first-order valence-corrected chi connectivity index (χ1v) is 2.53. The molecule has 0 saturated carbocycles. The van der Waals surface area contributed by atoms with Crippen LogP contribution in [0.1, 0.15) is 11.1 Å². The first-order valence-electron chi connectivity index (χ1n) is 2.53. The number of rotatable bonds is 0. The summed E-state index contributed by atoms with van der Waals surface area (Å²) in [5.41, 5.74) is 2.08. The molecule has 0 aliphatic carbocycles. The molecule has 2 heteroatoms. The van der Waals surface area contributed by atoms with E-state index in [9.17, 15) is 0 Å². The third kappa shape index (κ3) is 5.83. The fourth-order valence-corrected chi connectivity index (χ4v) is 0.539. The van der Waals surface area contributed by atoms with E-state index in [1.165, 1.54) is 0 Å². The summed E-state index contributed by atoms with van der Waals surface area (Å²) in [5.74, 6) is 0. The molecule has 0 N–H and O–H groups in total. The van der Waals surface area contributed by atoms with Gasteiger partial charge >= 0.3 is 103 Å². The summed E-state index contributed by atoms with van der Waals surface area (Å²) in [6.07, 6.45) is 0. The van der Waals surface area contributed by atoms with Crippen molar-refractivity contribution in [1.29, 1.82) is 0 Å². The van der Waals surface area contributed by atoms with Crippen molar-refractivity contribution >= 4 is 0 Å². The van der Waals surface area contributed by atoms with Crippen molar-refractivity contribution in [2.45, 2.75) is 0 Å². The van der Waals surface area contributed by atoms with Gasteiger partial charge in [-0.15, -0.1) is 0 Å². The van der Waals surface area contributed by atoms with Crippen molar-refractivity contribution in [1.82, 2.24) is 0 Å². The van der Waals surface area contributed by atoms with Crippen molar-refractivity contribution in [3.8, 4) is 0 Å². The minimum atomic E-state index is 0. The maximum absolute atomic E-state index is 3.73. The average Bonchev–Trinajstić information content (AvgIpc) is 1.77. The molecule has 0 fully saturated rings. The molecule has 1 aromatic rings. The van der Waals surface area contributed by atoms with E-state index >= 15 is 0 Å². The molecule has 0 bridgehead atoms. The fraction of sp³-hybridized carbons (Fsp3) is 0. The normalized spacial score (nSPS) is 7.20. The Kier molecular flexibility index (Phi) is 11.6. The van der Waals surface area contributed by atoms with Crippen molar-refractivity contribution < 1.29 is 103 Å². The van der Waals surface area contributed by atoms with Gasteiger partial charge in [0, 0.05) is 0 Å². The molecule has 0 saturated heterocycles. The van der Waals surface area contributed by atoms with Crippen LogP contribution in [0.25, 0.3) is 0 Å². The van der Waals surface area contributed by atoms with Gasteiger partial charge in [0.25, 0.3) is 0 Å². The van der Waals surface area contributed by atoms with Gasteiger partial charge in [0.15, 0.2) is 0 Å². The molecule has 42 valence electrons. The van der Waals surface area contributed by atoms with Crippen LogP contribution in [0.5, 0.6) is 0 Å². The predicted octanol–water partition coefficient (Wildman–Crippen LogP) is -3.94. The van der Waals surface area contributed by atoms with Crippen molar-refractivity contribution in [3.63, 3.8) is 0 Å². The van der Waals surface area contributed by atoms with E-state index in [4.69, 9.17) is 0 Å². The second kappa shape index (κ2) is 7.86. The minimum absolute atomic E-state index is 0. The van der Waals surface area contributed by atoms with Crippen LogP contribution in [0.3, 0.4) is 0 Å². The summed E-state index contributed by atoms with van der Waals surface area (Å²) in [5, 5.41) is 0. The number of hydrogen-bond acceptors (Lipinski definition) is 0. The summed E-state index contributed by atoms with van der Waals surface area (Å²) in [7, 11) is 0. The second-order valence-corrected chi connectivity index (χ2v) is 1.82. The smallest absolute Gasteiger partial charge is 0.220 e. The van der Waals surface area contributed by atoms with E-state index in [2.05, 4.69) is 13.8 Å². The molecule has 0 unspecified atom stereocenters. The van der Waals surface area contributed by atoms with Gasteiger partial charge in [-0.1, -0.05) is 0 Å². The summed E-state index contributed by atoms with van der Waals surface area (Å²) >= 11 is 0. The maximum Gasteiger partial charge on any atom is 1.00 e. The van der Waals surface area contributed by atoms with Gasteiger partial charge in [0.05, 0.1) is 0 Å². The van der Waals surface area contributed by atoms with Crippen molar-refractivity contribution in [2.24, 2.45) is 0 Å². The number of benzene rings is 1. The molecular formula is C8H8K2. The maximum atomic E-state index is 3.73. The van der Waals surface area contributed by atoms with Gasteiger partial charge in [-0.25, -0.2) is 49.2 Å². The van der Waals surface area contributed by atoms with Crippen LogP contribution in [0.4, 0.5) is 0 Å². The Balaban J connectivity index is 0. The third-order valence-corrected chi connectivity index (χ3v) is 1.02. The van der Waals surface area contributed by atoms with E-state index in [1.807, 2.05) is 24.3 Å². The topological polar surface area (TPSA) is 0 Å². The van der Waals surface area contributed by atoms with Gasteiger partial charge in [0.2, 0.25) is 0 Å². The monoisotopic (exact) mass is 182 g/mol. The van der Waals surface area contributed by atoms with Crippen LogP contribution >= 0.6 is 0 Å². The van der Waals surface area contributed by atoms with E-state index in [0.717, 1.165) is 11.1 Å². The second-order valence-electron chi connectivity index (χ2n) is 1.82. The molecule has 0 aliphatic rings. The van der Waals surface area contributed by atoms with Crippen molar-refractivity contribution in [2.75, 3.05) is 0 Å². The zero-order chi connectivity index (χ0) is 5.98. The molecule has 0 aliphatic heterocycles. The summed E-state index contributed by atoms with van der Waals surface area (Å²) in [6.45, 7) is 7.47. The molecule has 0 aromatic heterocycles. The van der Waals surface area contributed by atoms with Gasteiger partial charge in [-0.05, 0) is 0 Å². The molecule has 10 heavy (non-hydrogen) atoms. The van der Waals surface area contributed by atoms with Crippen LogP contribution in [0, 0.1) is 13.8 Å². The first kappa shape index (κ1) is 14.7. The quantitative estimate of drug-likeness (QED) is 0.284. The SMILES string of the molecule is [CH2-]c1ccc([CH2-])cc1.[K+].[K+]. The van der Waals surface area contributed by atoms with E-state index in [1.54, 1.807) is 0 Å². The Hall–Kier alpha value is 2.23. The minimum Gasteiger partial charge on any atom is -0.220 e. The Labute approximate surface area is 148 Å². The molecule has 0 heterocycles. The number of hydrogen-bond donors (Lipinski definition) is 0. The molecule has 1 rings (SSSR count). The Morgan fingerprint density at radius 3 is 1.10 bits per heavy atom. The Morgan fingerprint density at radius 1 is 0.700 bits per heavy atom. The zero-order valence-corrected chi connectivity index (χ0v) is 13.0. The molecule has 0 atom stereocenters. The Bertz CT molecular complexity index is 146. The summed E-state index contributed by atoms with van der Waals surface area (Å²) in [6, 6.07) is 7.79. The largest absolute Gasteiger partial charge is 1.00 e. The van der Waals surface area contributed by atoms with Crippen LogP contribution in [0.15, 0.2) is 24.3 Å². The molecule has 0 radical (unpaired) electrons. The fourth-order valence-electron chi connectivity index (χ4n) is 0.539. The van der Waals surface area contributed by atoms with Crippen LogP contribution in [-0.2, 0) is 0 Å². The van der Waals surface area contributed by atoms with Crippen LogP contribution in [-0.4, -0.2) is 0 Å². The molecule has 0 spiro atoms. The molecule has 1 aromatic carbocycles. The van der Waals surface area contributed by atoms with E-state index < -0.39 is 0 Å². The standard InChI is InChI=1S/C8H8.2K/c1-7-3-5-8(2)6-4-7;;/h3-6H,1-2H2;;/q-2;2*+1. The summed E-state index contributed by atoms with van der Waals surface area (Å²) in [4.78, 5) is 0. The van der Waals surface area contributed by atoms with Gasteiger partial charge in [0.1, 0.15) is 0 Å². The van der Waals surface area contributed by atoms with Gasteiger partial charge in [-0.3, -0.25) is 0 Å². The zero-order valence-electron chi connectivity index (χ0n) is 6.72. The van der Waals surface area contributed by atoms with Gasteiger partial charge < -0.3 is 0 Å². The van der Waals surface area contributed by atoms with Crippen LogP contribution < -0.4 is 103 Å². The first-order chi connectivity index (χ1) is 3.79. The predicted molar refractivity (Wildman–Crippen MR) is 35.4 cm³/mol. The molecular weight excluding hydrogens is 174 g/mol. The van der Waals surface area contributed by atoms with E-state index in [-0.39, 0.29) is 103 Å². The Morgan fingerprint density at radius 2 is 0.900 bits per heavy atom. The van der Waals surface area contributed by atoms with E-state index in [0.29, 0.717) is 0 Å². The molecule has 0 nitrogen and oxygen atoms in total. The van der Waals surface area contributed by atoms with Crippen LogP contribution in [0.2, 0.25) is 0 Å². The molecule has 0 amide bonds. The van der Waals surface area contributed by atoms with Crippen molar-refractivity contribution in [3.05, 3.63) is 49.2 Å². The third-order valence-electron chi connectivity index (χ3n) is 1.02. The average molecular weight is 182 g/mol. The van der Waals surface area contributed by atoms with Gasteiger partial charge in [-0.2, -0.15) is 0 Å². The summed E-state index contributed by atoms with van der Waals surface area (Å²) < 4.78 is 0.